The molecule has 1 fully saturated rings. The summed E-state index contributed by atoms with van der Waals surface area (Å²) in [5, 5.41) is 2.81. The lowest BCUT2D eigenvalue weighted by Gasteiger charge is -2.36. The van der Waals surface area contributed by atoms with Crippen LogP contribution in [0.5, 0.6) is 0 Å². The Balaban J connectivity index is 1.30. The fourth-order valence-corrected chi connectivity index (χ4v) is 3.46. The van der Waals surface area contributed by atoms with Gasteiger partial charge in [0.1, 0.15) is 11.6 Å². The molecule has 2 aromatic carbocycles. The van der Waals surface area contributed by atoms with Crippen molar-refractivity contribution >= 4 is 29.3 Å². The van der Waals surface area contributed by atoms with Gasteiger partial charge >= 0.3 is 0 Å². The van der Waals surface area contributed by atoms with Crippen molar-refractivity contribution in [2.45, 2.75) is 0 Å². The molecule has 0 atom stereocenters. The number of benzene rings is 2. The van der Waals surface area contributed by atoms with Gasteiger partial charge < -0.3 is 19.5 Å². The van der Waals surface area contributed by atoms with Crippen LogP contribution in [0.2, 0.25) is 0 Å². The summed E-state index contributed by atoms with van der Waals surface area (Å²) in [6, 6.07) is 17.1. The minimum Gasteiger partial charge on any atom is -0.465 e. The van der Waals surface area contributed by atoms with Gasteiger partial charge in [-0.15, -0.1) is 0 Å². The first-order valence-electron chi connectivity index (χ1n) is 10.0. The monoisotopic (exact) mass is 419 g/mol. The zero-order chi connectivity index (χ0) is 21.6. The van der Waals surface area contributed by atoms with E-state index in [1.165, 1.54) is 18.2 Å². The van der Waals surface area contributed by atoms with Crippen molar-refractivity contribution in [2.24, 2.45) is 0 Å². The molecule has 2 heterocycles. The molecule has 0 bridgehead atoms. The summed E-state index contributed by atoms with van der Waals surface area (Å²) >= 11 is 0. The molecule has 1 N–H and O–H groups in total. The number of rotatable bonds is 5. The lowest BCUT2D eigenvalue weighted by Crippen LogP contribution is -2.49. The number of carbonyl (C=O) groups is 2. The fourth-order valence-electron chi connectivity index (χ4n) is 3.46. The molecule has 0 radical (unpaired) electrons. The van der Waals surface area contributed by atoms with E-state index in [1.807, 2.05) is 24.3 Å². The lowest BCUT2D eigenvalue weighted by atomic mass is 10.1. The van der Waals surface area contributed by atoms with E-state index in [1.54, 1.807) is 41.5 Å². The van der Waals surface area contributed by atoms with Crippen LogP contribution in [0.15, 0.2) is 77.4 Å². The Hall–Kier alpha value is -3.87. The number of anilines is 2. The van der Waals surface area contributed by atoms with E-state index >= 15 is 0 Å². The zero-order valence-electron chi connectivity index (χ0n) is 16.8. The number of amides is 2. The number of halogens is 1. The largest absolute Gasteiger partial charge is 0.465 e. The first kappa shape index (κ1) is 20.4. The summed E-state index contributed by atoms with van der Waals surface area (Å²) in [5.74, 6) is -0.410. The number of nitrogens with one attached hydrogen (secondary N) is 1. The van der Waals surface area contributed by atoms with Gasteiger partial charge in [0.2, 0.25) is 5.91 Å². The highest BCUT2D eigenvalue weighted by Gasteiger charge is 2.24. The highest BCUT2D eigenvalue weighted by molar-refractivity contribution is 6.01. The van der Waals surface area contributed by atoms with Crippen LogP contribution in [0.25, 0.3) is 6.08 Å². The molecule has 0 saturated carbocycles. The average Bonchev–Trinajstić information content (AvgIpc) is 3.32. The van der Waals surface area contributed by atoms with E-state index in [-0.39, 0.29) is 17.4 Å². The summed E-state index contributed by atoms with van der Waals surface area (Å²) in [5.41, 5.74) is 1.80. The molecule has 31 heavy (non-hydrogen) atoms. The van der Waals surface area contributed by atoms with Crippen LogP contribution >= 0.6 is 0 Å². The number of piperazine rings is 1. The van der Waals surface area contributed by atoms with Gasteiger partial charge in [-0.1, -0.05) is 12.1 Å². The van der Waals surface area contributed by atoms with Gasteiger partial charge in [0, 0.05) is 43.6 Å². The van der Waals surface area contributed by atoms with Gasteiger partial charge in [-0.3, -0.25) is 9.59 Å². The van der Waals surface area contributed by atoms with E-state index in [0.29, 0.717) is 37.6 Å². The third-order valence-corrected chi connectivity index (χ3v) is 5.11. The Kier molecular flexibility index (Phi) is 6.12. The lowest BCUT2D eigenvalue weighted by molar-refractivity contribution is -0.111. The molecular formula is C24H22FN3O3. The highest BCUT2D eigenvalue weighted by Crippen LogP contribution is 2.21. The molecule has 1 aliphatic rings. The van der Waals surface area contributed by atoms with Crippen LogP contribution in [-0.2, 0) is 4.79 Å². The summed E-state index contributed by atoms with van der Waals surface area (Å²) in [6.07, 6.45) is 4.57. The van der Waals surface area contributed by atoms with Crippen molar-refractivity contribution in [3.63, 3.8) is 0 Å². The van der Waals surface area contributed by atoms with Crippen molar-refractivity contribution in [2.75, 3.05) is 36.4 Å². The van der Waals surface area contributed by atoms with Crippen molar-refractivity contribution in [3.8, 4) is 0 Å². The maximum atomic E-state index is 13.9. The minimum absolute atomic E-state index is 0.108. The third kappa shape index (κ3) is 5.01. The van der Waals surface area contributed by atoms with Gasteiger partial charge in [-0.25, -0.2) is 4.39 Å². The number of hydrogen-bond acceptors (Lipinski definition) is 4. The Bertz CT molecular complexity index is 1070. The zero-order valence-corrected chi connectivity index (χ0v) is 16.8. The second-order valence-corrected chi connectivity index (χ2v) is 7.14. The van der Waals surface area contributed by atoms with Crippen LogP contribution in [0.4, 0.5) is 15.8 Å². The Morgan fingerprint density at radius 2 is 1.68 bits per heavy atom. The van der Waals surface area contributed by atoms with Gasteiger partial charge in [0.15, 0.2) is 0 Å². The van der Waals surface area contributed by atoms with E-state index in [4.69, 9.17) is 4.42 Å². The number of furan rings is 1. The number of hydrogen-bond donors (Lipinski definition) is 1. The minimum atomic E-state index is -0.494. The van der Waals surface area contributed by atoms with Crippen molar-refractivity contribution < 1.29 is 18.4 Å². The highest BCUT2D eigenvalue weighted by atomic mass is 19.1. The molecule has 4 rings (SSSR count). The number of carbonyl (C=O) groups excluding carboxylic acids is 2. The smallest absolute Gasteiger partial charge is 0.256 e. The van der Waals surface area contributed by atoms with Crippen molar-refractivity contribution in [3.05, 3.63) is 90.1 Å². The van der Waals surface area contributed by atoms with E-state index in [2.05, 4.69) is 10.2 Å². The molecule has 158 valence electrons. The van der Waals surface area contributed by atoms with Gasteiger partial charge in [0.25, 0.3) is 5.91 Å². The molecule has 0 aliphatic carbocycles. The summed E-state index contributed by atoms with van der Waals surface area (Å²) in [7, 11) is 0. The topological polar surface area (TPSA) is 65.8 Å². The summed E-state index contributed by atoms with van der Waals surface area (Å²) in [6.45, 7) is 2.34. The molecule has 1 saturated heterocycles. The van der Waals surface area contributed by atoms with Crippen LogP contribution in [0.1, 0.15) is 16.1 Å². The standard InChI is InChI=1S/C24H22FN3O3/c25-22-6-2-1-5-21(22)24(30)28-15-13-27(14-16-28)19-9-7-18(8-10-19)26-23(29)12-11-20-4-3-17-31-20/h1-12,17H,13-16H2,(H,26,29)/b12-11+. The van der Waals surface area contributed by atoms with E-state index in [9.17, 15) is 14.0 Å². The first-order chi connectivity index (χ1) is 15.1. The first-order valence-corrected chi connectivity index (χ1v) is 10.0. The van der Waals surface area contributed by atoms with Crippen molar-refractivity contribution in [1.29, 1.82) is 0 Å². The van der Waals surface area contributed by atoms with Crippen molar-refractivity contribution in [1.82, 2.24) is 4.90 Å². The van der Waals surface area contributed by atoms with Gasteiger partial charge in [-0.2, -0.15) is 0 Å². The molecule has 7 heteroatoms. The SMILES string of the molecule is O=C(/C=C/c1ccco1)Nc1ccc(N2CCN(C(=O)c3ccccc3F)CC2)cc1. The molecule has 1 aromatic heterocycles. The molecule has 0 unspecified atom stereocenters. The normalized spacial score (nSPS) is 14.1. The second kappa shape index (κ2) is 9.30. The summed E-state index contributed by atoms with van der Waals surface area (Å²) < 4.78 is 19.0. The second-order valence-electron chi connectivity index (χ2n) is 7.14. The maximum absolute atomic E-state index is 13.9. The predicted molar refractivity (Wildman–Crippen MR) is 117 cm³/mol. The van der Waals surface area contributed by atoms with Crippen LogP contribution < -0.4 is 10.2 Å². The van der Waals surface area contributed by atoms with Crippen LogP contribution in [-0.4, -0.2) is 42.9 Å². The predicted octanol–water partition coefficient (Wildman–Crippen LogP) is 4.03. The quantitative estimate of drug-likeness (QED) is 0.634. The third-order valence-electron chi connectivity index (χ3n) is 5.11. The molecule has 3 aromatic rings. The van der Waals surface area contributed by atoms with Gasteiger partial charge in [0.05, 0.1) is 11.8 Å². The van der Waals surface area contributed by atoms with Gasteiger partial charge in [-0.05, 0) is 54.6 Å². The average molecular weight is 419 g/mol. The Labute approximate surface area is 179 Å². The number of nitrogens with zero attached hydrogens (tertiary/aromatic N) is 2. The van der Waals surface area contributed by atoms with E-state index < -0.39 is 5.82 Å². The Morgan fingerprint density at radius 1 is 0.935 bits per heavy atom. The molecule has 1 aliphatic heterocycles. The van der Waals surface area contributed by atoms with E-state index in [0.717, 1.165) is 5.69 Å². The van der Waals surface area contributed by atoms with Crippen LogP contribution in [0, 0.1) is 5.82 Å². The molecule has 6 nitrogen and oxygen atoms in total. The maximum Gasteiger partial charge on any atom is 0.256 e. The molecule has 0 spiro atoms. The fraction of sp³-hybridized carbons (Fsp3) is 0.167. The molecule has 2 amide bonds. The Morgan fingerprint density at radius 3 is 2.35 bits per heavy atom. The van der Waals surface area contributed by atoms with Crippen LogP contribution in [0.3, 0.4) is 0 Å². The summed E-state index contributed by atoms with van der Waals surface area (Å²) in [4.78, 5) is 28.4. The molecular weight excluding hydrogens is 397 g/mol.